The van der Waals surface area contributed by atoms with E-state index in [1.165, 1.54) is 17.7 Å². The number of aryl methyl sites for hydroxylation is 3. The van der Waals surface area contributed by atoms with Crippen molar-refractivity contribution in [3.05, 3.63) is 69.8 Å². The Hall–Kier alpha value is -2.38. The number of piperidine rings is 1. The van der Waals surface area contributed by atoms with Crippen molar-refractivity contribution in [3.63, 3.8) is 0 Å². The average Bonchev–Trinajstić information content (AvgIpc) is 2.83. The number of likely N-dealkylation sites (tertiary alicyclic amines) is 1. The molecule has 2 aromatic rings. The zero-order valence-electron chi connectivity index (χ0n) is 23.0. The van der Waals surface area contributed by atoms with Crippen molar-refractivity contribution in [1.29, 1.82) is 0 Å². The minimum absolute atomic E-state index is 0.0338. The van der Waals surface area contributed by atoms with E-state index in [-0.39, 0.29) is 23.5 Å². The van der Waals surface area contributed by atoms with Gasteiger partial charge in [-0.15, -0.1) is 0 Å². The van der Waals surface area contributed by atoms with Gasteiger partial charge in [0, 0.05) is 55.9 Å². The van der Waals surface area contributed by atoms with E-state index in [9.17, 15) is 18.0 Å². The second-order valence-corrected chi connectivity index (χ2v) is 11.4. The fourth-order valence-corrected chi connectivity index (χ4v) is 6.36. The third-order valence-corrected chi connectivity index (χ3v) is 8.68. The van der Waals surface area contributed by atoms with Crippen LogP contribution in [0.15, 0.2) is 36.4 Å². The highest BCUT2D eigenvalue weighted by atomic mass is 19.4. The van der Waals surface area contributed by atoms with E-state index in [4.69, 9.17) is 0 Å². The Morgan fingerprint density at radius 2 is 1.54 bits per heavy atom. The van der Waals surface area contributed by atoms with Crippen LogP contribution in [0.4, 0.5) is 13.2 Å². The second-order valence-electron chi connectivity index (χ2n) is 11.4. The number of carbonyl (C=O) groups is 1. The van der Waals surface area contributed by atoms with Gasteiger partial charge in [-0.3, -0.25) is 14.6 Å². The SMILES string of the molecule is Cc1cc(C)c(C(=O)N2CCC(C)(N3CCN(C(C)c4ccc(C(F)(F)F)cc4)C(C)C3)CC2)c(C)c1. The van der Waals surface area contributed by atoms with Crippen molar-refractivity contribution in [1.82, 2.24) is 14.7 Å². The Labute approximate surface area is 219 Å². The Morgan fingerprint density at radius 3 is 2.05 bits per heavy atom. The smallest absolute Gasteiger partial charge is 0.338 e. The van der Waals surface area contributed by atoms with E-state index in [2.05, 4.69) is 49.6 Å². The van der Waals surface area contributed by atoms with Gasteiger partial charge in [-0.05, 0) is 83.2 Å². The Morgan fingerprint density at radius 1 is 0.973 bits per heavy atom. The molecule has 0 bridgehead atoms. The van der Waals surface area contributed by atoms with Crippen LogP contribution in [0, 0.1) is 20.8 Å². The second kappa shape index (κ2) is 10.4. The maximum absolute atomic E-state index is 13.4. The van der Waals surface area contributed by atoms with E-state index in [0.717, 1.165) is 67.8 Å². The lowest BCUT2D eigenvalue weighted by atomic mass is 9.85. The van der Waals surface area contributed by atoms with Crippen LogP contribution in [0.1, 0.15) is 77.8 Å². The normalized spacial score (nSPS) is 22.2. The third-order valence-electron chi connectivity index (χ3n) is 8.68. The highest BCUT2D eigenvalue weighted by Gasteiger charge is 2.41. The molecule has 2 heterocycles. The summed E-state index contributed by atoms with van der Waals surface area (Å²) in [6, 6.07) is 10.1. The molecule has 2 atom stereocenters. The molecule has 1 amide bonds. The van der Waals surface area contributed by atoms with Gasteiger partial charge in [0.25, 0.3) is 5.91 Å². The first-order chi connectivity index (χ1) is 17.3. The first-order valence-corrected chi connectivity index (χ1v) is 13.4. The number of halogens is 3. The monoisotopic (exact) mass is 515 g/mol. The van der Waals surface area contributed by atoms with E-state index >= 15 is 0 Å². The van der Waals surface area contributed by atoms with Crippen LogP contribution in [-0.2, 0) is 6.18 Å². The summed E-state index contributed by atoms with van der Waals surface area (Å²) < 4.78 is 38.9. The summed E-state index contributed by atoms with van der Waals surface area (Å²) in [4.78, 5) is 20.3. The minimum Gasteiger partial charge on any atom is -0.338 e. The number of hydrogen-bond acceptors (Lipinski definition) is 3. The van der Waals surface area contributed by atoms with Crippen molar-refractivity contribution in [3.8, 4) is 0 Å². The summed E-state index contributed by atoms with van der Waals surface area (Å²) in [6.07, 6.45) is -2.44. The standard InChI is InChI=1S/C30H40F3N3O/c1-20-17-21(2)27(22(3)18-20)28(37)34-13-11-29(6,12-14-34)35-15-16-36(23(4)19-35)24(5)25-7-9-26(10-8-25)30(31,32)33/h7-10,17-18,23-24H,11-16,19H2,1-6H3. The van der Waals surface area contributed by atoms with Crippen LogP contribution in [0.2, 0.25) is 0 Å². The fraction of sp³-hybridized carbons (Fsp3) is 0.567. The molecule has 2 aromatic carbocycles. The highest BCUT2D eigenvalue weighted by molar-refractivity contribution is 5.97. The van der Waals surface area contributed by atoms with E-state index in [1.54, 1.807) is 12.1 Å². The first-order valence-electron chi connectivity index (χ1n) is 13.4. The number of nitrogens with zero attached hydrogens (tertiary/aromatic N) is 3. The summed E-state index contributed by atoms with van der Waals surface area (Å²) in [5.41, 5.74) is 4.45. The molecule has 0 aliphatic carbocycles. The minimum atomic E-state index is -4.31. The van der Waals surface area contributed by atoms with Crippen molar-refractivity contribution in [2.75, 3.05) is 32.7 Å². The molecule has 2 fully saturated rings. The molecule has 0 aromatic heterocycles. The van der Waals surface area contributed by atoms with Crippen LogP contribution in [-0.4, -0.2) is 64.9 Å². The number of benzene rings is 2. The van der Waals surface area contributed by atoms with Crippen LogP contribution < -0.4 is 0 Å². The maximum Gasteiger partial charge on any atom is 0.416 e. The number of rotatable bonds is 4. The number of piperazine rings is 1. The summed E-state index contributed by atoms with van der Waals surface area (Å²) in [5.74, 6) is 0.139. The molecule has 4 rings (SSSR count). The number of amides is 1. The quantitative estimate of drug-likeness (QED) is 0.472. The summed E-state index contributed by atoms with van der Waals surface area (Å²) in [5, 5.41) is 0. The predicted octanol–water partition coefficient (Wildman–Crippen LogP) is 6.39. The van der Waals surface area contributed by atoms with Gasteiger partial charge >= 0.3 is 6.18 Å². The first kappa shape index (κ1) is 27.6. The molecule has 7 heteroatoms. The average molecular weight is 516 g/mol. The van der Waals surface area contributed by atoms with Crippen molar-refractivity contribution in [2.24, 2.45) is 0 Å². The van der Waals surface area contributed by atoms with E-state index in [1.807, 2.05) is 18.7 Å². The number of alkyl halides is 3. The zero-order valence-corrected chi connectivity index (χ0v) is 23.0. The largest absolute Gasteiger partial charge is 0.416 e. The Kier molecular flexibility index (Phi) is 7.78. The van der Waals surface area contributed by atoms with Crippen molar-refractivity contribution >= 4 is 5.91 Å². The van der Waals surface area contributed by atoms with Gasteiger partial charge < -0.3 is 4.90 Å². The predicted molar refractivity (Wildman–Crippen MR) is 142 cm³/mol. The highest BCUT2D eigenvalue weighted by Crippen LogP contribution is 2.35. The number of carbonyl (C=O) groups excluding carboxylic acids is 1. The van der Waals surface area contributed by atoms with Crippen molar-refractivity contribution < 1.29 is 18.0 Å². The van der Waals surface area contributed by atoms with Crippen LogP contribution in [0.25, 0.3) is 0 Å². The molecule has 2 aliphatic heterocycles. The number of hydrogen-bond donors (Lipinski definition) is 0. The van der Waals surface area contributed by atoms with Gasteiger partial charge in [0.05, 0.1) is 5.56 Å². The molecule has 0 radical (unpaired) electrons. The molecule has 37 heavy (non-hydrogen) atoms. The van der Waals surface area contributed by atoms with Gasteiger partial charge in [0.2, 0.25) is 0 Å². The molecule has 2 aliphatic rings. The molecule has 0 saturated carbocycles. The maximum atomic E-state index is 13.4. The lowest BCUT2D eigenvalue weighted by Crippen LogP contribution is -2.62. The summed E-state index contributed by atoms with van der Waals surface area (Å²) in [6.45, 7) is 16.9. The van der Waals surface area contributed by atoms with Gasteiger partial charge in [0.15, 0.2) is 0 Å². The molecule has 0 spiro atoms. The third kappa shape index (κ3) is 5.73. The van der Waals surface area contributed by atoms with E-state index in [0.29, 0.717) is 0 Å². The van der Waals surface area contributed by atoms with Crippen LogP contribution >= 0.6 is 0 Å². The lowest BCUT2D eigenvalue weighted by Gasteiger charge is -2.52. The van der Waals surface area contributed by atoms with Crippen LogP contribution in [0.5, 0.6) is 0 Å². The topological polar surface area (TPSA) is 26.8 Å². The summed E-state index contributed by atoms with van der Waals surface area (Å²) in [7, 11) is 0. The summed E-state index contributed by atoms with van der Waals surface area (Å²) >= 11 is 0. The Balaban J connectivity index is 1.36. The fourth-order valence-electron chi connectivity index (χ4n) is 6.36. The van der Waals surface area contributed by atoms with E-state index < -0.39 is 11.7 Å². The molecule has 2 unspecified atom stereocenters. The molecular weight excluding hydrogens is 475 g/mol. The lowest BCUT2D eigenvalue weighted by molar-refractivity contribution is -0.137. The van der Waals surface area contributed by atoms with Gasteiger partial charge in [0.1, 0.15) is 0 Å². The zero-order chi connectivity index (χ0) is 27.1. The molecular formula is C30H40F3N3O. The van der Waals surface area contributed by atoms with Gasteiger partial charge in [-0.2, -0.15) is 13.2 Å². The van der Waals surface area contributed by atoms with Crippen molar-refractivity contribution in [2.45, 2.75) is 78.2 Å². The molecule has 0 N–H and O–H groups in total. The molecule has 202 valence electrons. The van der Waals surface area contributed by atoms with Gasteiger partial charge in [-0.1, -0.05) is 29.8 Å². The molecule has 2 saturated heterocycles. The Bertz CT molecular complexity index is 1100. The molecule has 4 nitrogen and oxygen atoms in total. The van der Waals surface area contributed by atoms with Crippen LogP contribution in [0.3, 0.4) is 0 Å². The van der Waals surface area contributed by atoms with Gasteiger partial charge in [-0.25, -0.2) is 0 Å².